The van der Waals surface area contributed by atoms with Crippen molar-refractivity contribution in [1.82, 2.24) is 0 Å². The van der Waals surface area contributed by atoms with E-state index in [0.717, 1.165) is 28.5 Å². The lowest BCUT2D eigenvalue weighted by Crippen LogP contribution is -2.02. The van der Waals surface area contributed by atoms with Crippen LogP contribution in [0.2, 0.25) is 5.02 Å². The van der Waals surface area contributed by atoms with Gasteiger partial charge in [0.2, 0.25) is 0 Å². The summed E-state index contributed by atoms with van der Waals surface area (Å²) in [5, 5.41) is 4.01. The smallest absolute Gasteiger partial charge is 0.150 e. The summed E-state index contributed by atoms with van der Waals surface area (Å²) in [7, 11) is 3.27. The van der Waals surface area contributed by atoms with Crippen LogP contribution in [-0.2, 0) is 6.54 Å². The van der Waals surface area contributed by atoms with E-state index < -0.39 is 0 Å². The zero-order valence-corrected chi connectivity index (χ0v) is 15.4. The Morgan fingerprint density at radius 1 is 0.808 bits per heavy atom. The molecule has 5 heteroatoms. The lowest BCUT2D eigenvalue weighted by atomic mass is 10.2. The molecule has 0 atom stereocenters. The minimum absolute atomic E-state index is 0.569. The number of methoxy groups -OCH3 is 2. The SMILES string of the molecule is COc1cc(CNc2cc(Cl)ccc2Oc2ccccc2)cc(OC)c1. The molecular formula is C21H20ClNO3. The molecule has 0 unspecified atom stereocenters. The quantitative estimate of drug-likeness (QED) is 0.574. The maximum absolute atomic E-state index is 6.16. The third-order valence-electron chi connectivity index (χ3n) is 3.81. The molecule has 0 heterocycles. The van der Waals surface area contributed by atoms with Gasteiger partial charge in [-0.05, 0) is 48.0 Å². The van der Waals surface area contributed by atoms with Crippen LogP contribution in [0.1, 0.15) is 5.56 Å². The number of benzene rings is 3. The molecule has 134 valence electrons. The topological polar surface area (TPSA) is 39.7 Å². The molecule has 3 aromatic carbocycles. The fraction of sp³-hybridized carbons (Fsp3) is 0.143. The molecule has 26 heavy (non-hydrogen) atoms. The predicted molar refractivity (Wildman–Crippen MR) is 105 cm³/mol. The average Bonchev–Trinajstić information content (AvgIpc) is 2.68. The summed E-state index contributed by atoms with van der Waals surface area (Å²) in [6.45, 7) is 0.569. The van der Waals surface area contributed by atoms with Gasteiger partial charge in [0.15, 0.2) is 5.75 Å². The van der Waals surface area contributed by atoms with E-state index in [1.54, 1.807) is 20.3 Å². The van der Waals surface area contributed by atoms with E-state index in [1.165, 1.54) is 0 Å². The summed E-state index contributed by atoms with van der Waals surface area (Å²) in [5.74, 6) is 2.96. The number of anilines is 1. The van der Waals surface area contributed by atoms with E-state index in [2.05, 4.69) is 5.32 Å². The third kappa shape index (κ3) is 4.61. The number of nitrogens with one attached hydrogen (secondary N) is 1. The Hall–Kier alpha value is -2.85. The van der Waals surface area contributed by atoms with Crippen molar-refractivity contribution in [2.24, 2.45) is 0 Å². The zero-order chi connectivity index (χ0) is 18.4. The molecule has 0 bridgehead atoms. The summed E-state index contributed by atoms with van der Waals surface area (Å²) in [6, 6.07) is 20.9. The van der Waals surface area contributed by atoms with Crippen molar-refractivity contribution in [3.8, 4) is 23.0 Å². The summed E-state index contributed by atoms with van der Waals surface area (Å²) >= 11 is 6.16. The van der Waals surface area contributed by atoms with Crippen LogP contribution in [-0.4, -0.2) is 14.2 Å². The first-order valence-corrected chi connectivity index (χ1v) is 8.54. The van der Waals surface area contributed by atoms with Gasteiger partial charge < -0.3 is 19.5 Å². The highest BCUT2D eigenvalue weighted by molar-refractivity contribution is 6.30. The lowest BCUT2D eigenvalue weighted by Gasteiger charge is -2.14. The molecule has 0 aromatic heterocycles. The molecule has 0 fully saturated rings. The van der Waals surface area contributed by atoms with Crippen molar-refractivity contribution in [3.05, 3.63) is 77.3 Å². The molecule has 0 aliphatic carbocycles. The van der Waals surface area contributed by atoms with Crippen LogP contribution in [0.15, 0.2) is 66.7 Å². The van der Waals surface area contributed by atoms with Gasteiger partial charge in [0, 0.05) is 17.6 Å². The first kappa shape index (κ1) is 18.0. The first-order valence-electron chi connectivity index (χ1n) is 8.16. The molecule has 0 aliphatic rings. The van der Waals surface area contributed by atoms with Crippen LogP contribution in [0.4, 0.5) is 5.69 Å². The molecule has 1 N–H and O–H groups in total. The first-order chi connectivity index (χ1) is 12.7. The van der Waals surface area contributed by atoms with Gasteiger partial charge in [-0.25, -0.2) is 0 Å². The van der Waals surface area contributed by atoms with Gasteiger partial charge in [0.05, 0.1) is 19.9 Å². The number of hydrogen-bond donors (Lipinski definition) is 1. The van der Waals surface area contributed by atoms with E-state index >= 15 is 0 Å². The highest BCUT2D eigenvalue weighted by atomic mass is 35.5. The minimum Gasteiger partial charge on any atom is -0.497 e. The average molecular weight is 370 g/mol. The Labute approximate surface area is 158 Å². The van der Waals surface area contributed by atoms with Gasteiger partial charge in [-0.1, -0.05) is 29.8 Å². The second-order valence-electron chi connectivity index (χ2n) is 5.63. The molecule has 0 radical (unpaired) electrons. The molecule has 0 amide bonds. The highest BCUT2D eigenvalue weighted by Gasteiger charge is 2.08. The van der Waals surface area contributed by atoms with E-state index in [-0.39, 0.29) is 0 Å². The Morgan fingerprint density at radius 2 is 1.50 bits per heavy atom. The maximum atomic E-state index is 6.16. The molecule has 0 aliphatic heterocycles. The van der Waals surface area contributed by atoms with Crippen LogP contribution < -0.4 is 19.5 Å². The Balaban J connectivity index is 1.80. The summed E-state index contributed by atoms with van der Waals surface area (Å²) in [6.07, 6.45) is 0. The number of rotatable bonds is 7. The second-order valence-corrected chi connectivity index (χ2v) is 6.07. The van der Waals surface area contributed by atoms with Crippen LogP contribution in [0.25, 0.3) is 0 Å². The molecule has 3 aromatic rings. The van der Waals surface area contributed by atoms with Gasteiger partial charge >= 0.3 is 0 Å². The van der Waals surface area contributed by atoms with Crippen molar-refractivity contribution in [3.63, 3.8) is 0 Å². The minimum atomic E-state index is 0.569. The van der Waals surface area contributed by atoms with E-state index in [4.69, 9.17) is 25.8 Å². The van der Waals surface area contributed by atoms with Gasteiger partial charge in [-0.15, -0.1) is 0 Å². The Bertz CT molecular complexity index is 846. The van der Waals surface area contributed by atoms with Gasteiger partial charge in [-0.3, -0.25) is 0 Å². The molecule has 4 nitrogen and oxygen atoms in total. The standard InChI is InChI=1S/C21H20ClNO3/c1-24-18-10-15(11-19(13-18)25-2)14-23-20-12-16(22)8-9-21(20)26-17-6-4-3-5-7-17/h3-13,23H,14H2,1-2H3. The van der Waals surface area contributed by atoms with E-state index in [0.29, 0.717) is 17.3 Å². The molecule has 0 saturated heterocycles. The third-order valence-corrected chi connectivity index (χ3v) is 4.04. The maximum Gasteiger partial charge on any atom is 0.150 e. The Kier molecular flexibility index (Phi) is 5.87. The number of hydrogen-bond acceptors (Lipinski definition) is 4. The van der Waals surface area contributed by atoms with Crippen molar-refractivity contribution >= 4 is 17.3 Å². The van der Waals surface area contributed by atoms with Crippen LogP contribution in [0.3, 0.4) is 0 Å². The largest absolute Gasteiger partial charge is 0.497 e. The number of ether oxygens (including phenoxy) is 3. The van der Waals surface area contributed by atoms with E-state index in [9.17, 15) is 0 Å². The normalized spacial score (nSPS) is 10.3. The van der Waals surface area contributed by atoms with E-state index in [1.807, 2.05) is 60.7 Å². The van der Waals surface area contributed by atoms with Crippen molar-refractivity contribution in [2.45, 2.75) is 6.54 Å². The highest BCUT2D eigenvalue weighted by Crippen LogP contribution is 2.32. The number of para-hydroxylation sites is 1. The monoisotopic (exact) mass is 369 g/mol. The second kappa shape index (κ2) is 8.50. The predicted octanol–water partition coefficient (Wildman–Crippen LogP) is 5.76. The summed E-state index contributed by atoms with van der Waals surface area (Å²) < 4.78 is 16.6. The molecule has 0 saturated carbocycles. The lowest BCUT2D eigenvalue weighted by molar-refractivity contribution is 0.393. The number of halogens is 1. The van der Waals surface area contributed by atoms with Crippen LogP contribution in [0.5, 0.6) is 23.0 Å². The van der Waals surface area contributed by atoms with Gasteiger partial charge in [-0.2, -0.15) is 0 Å². The van der Waals surface area contributed by atoms with Crippen molar-refractivity contribution in [2.75, 3.05) is 19.5 Å². The molecule has 0 spiro atoms. The van der Waals surface area contributed by atoms with Crippen molar-refractivity contribution in [1.29, 1.82) is 0 Å². The Morgan fingerprint density at radius 3 is 2.15 bits per heavy atom. The van der Waals surface area contributed by atoms with Crippen LogP contribution in [0, 0.1) is 0 Å². The fourth-order valence-corrected chi connectivity index (χ4v) is 2.68. The molecule has 3 rings (SSSR count). The summed E-state index contributed by atoms with van der Waals surface area (Å²) in [5.41, 5.74) is 1.83. The fourth-order valence-electron chi connectivity index (χ4n) is 2.51. The van der Waals surface area contributed by atoms with Gasteiger partial charge in [0.1, 0.15) is 17.2 Å². The van der Waals surface area contributed by atoms with Crippen molar-refractivity contribution < 1.29 is 14.2 Å². The van der Waals surface area contributed by atoms with Gasteiger partial charge in [0.25, 0.3) is 0 Å². The molecular weight excluding hydrogens is 350 g/mol. The summed E-state index contributed by atoms with van der Waals surface area (Å²) in [4.78, 5) is 0. The van der Waals surface area contributed by atoms with Crippen LogP contribution >= 0.6 is 11.6 Å². The zero-order valence-electron chi connectivity index (χ0n) is 14.7.